The Labute approximate surface area is 140 Å². The number of hydrogen-bond acceptors (Lipinski definition) is 4. The Balaban J connectivity index is 2.13. The summed E-state index contributed by atoms with van der Waals surface area (Å²) in [5, 5.41) is 30.5. The number of aromatic nitrogens is 1. The number of carbonyl (C=O) groups is 1. The molecule has 0 fully saturated rings. The van der Waals surface area contributed by atoms with Crippen LogP contribution in [0.15, 0.2) is 42.5 Å². The van der Waals surface area contributed by atoms with Gasteiger partial charge in [0.1, 0.15) is 16.5 Å². The van der Waals surface area contributed by atoms with E-state index in [4.69, 9.17) is 11.6 Å². The normalized spacial score (nSPS) is 10.9. The predicted molar refractivity (Wildman–Crippen MR) is 87.8 cm³/mol. The zero-order valence-corrected chi connectivity index (χ0v) is 12.9. The average Bonchev–Trinajstić information content (AvgIpc) is 2.86. The molecule has 24 heavy (non-hydrogen) atoms. The highest BCUT2D eigenvalue weighted by atomic mass is 35.5. The van der Waals surface area contributed by atoms with E-state index in [0.29, 0.717) is 16.5 Å². The third-order valence-electron chi connectivity index (χ3n) is 3.65. The molecule has 0 bridgehead atoms. The van der Waals surface area contributed by atoms with Gasteiger partial charge in [-0.1, -0.05) is 17.7 Å². The van der Waals surface area contributed by atoms with Gasteiger partial charge in [-0.25, -0.2) is 4.79 Å². The summed E-state index contributed by atoms with van der Waals surface area (Å²) in [7, 11) is 0. The number of fused-ring (bicyclic) bond motifs is 1. The molecule has 0 radical (unpaired) electrons. The average molecular weight is 347 g/mol. The van der Waals surface area contributed by atoms with Crippen molar-refractivity contribution in [1.82, 2.24) is 4.57 Å². The van der Waals surface area contributed by atoms with E-state index in [1.165, 1.54) is 34.9 Å². The largest absolute Gasteiger partial charge is 0.508 e. The molecule has 7 nitrogen and oxygen atoms in total. The van der Waals surface area contributed by atoms with Gasteiger partial charge in [-0.3, -0.25) is 10.1 Å². The minimum absolute atomic E-state index is 0.0181. The predicted octanol–water partition coefficient (Wildman–Crippen LogP) is 3.66. The maximum Gasteiger partial charge on any atom is 0.352 e. The molecule has 3 aromatic rings. The molecule has 0 aliphatic rings. The monoisotopic (exact) mass is 346 g/mol. The number of carboxylic acids is 1. The SMILES string of the molecule is O=C(O)c1cc2cc(O)ccc2n1Cc1ccc(Cl)c([N+](=O)[O-])c1. The summed E-state index contributed by atoms with van der Waals surface area (Å²) in [5.41, 5.74) is 0.926. The van der Waals surface area contributed by atoms with Crippen molar-refractivity contribution >= 4 is 34.2 Å². The van der Waals surface area contributed by atoms with Crippen LogP contribution in [0.3, 0.4) is 0 Å². The third kappa shape index (κ3) is 2.77. The van der Waals surface area contributed by atoms with Crippen LogP contribution >= 0.6 is 11.6 Å². The van der Waals surface area contributed by atoms with Crippen LogP contribution in [-0.2, 0) is 6.54 Å². The lowest BCUT2D eigenvalue weighted by Gasteiger charge is -2.09. The van der Waals surface area contributed by atoms with Crippen LogP contribution in [0.1, 0.15) is 16.1 Å². The van der Waals surface area contributed by atoms with Crippen molar-refractivity contribution < 1.29 is 19.9 Å². The summed E-state index contributed by atoms with van der Waals surface area (Å²) in [4.78, 5) is 21.9. The van der Waals surface area contributed by atoms with Crippen molar-refractivity contribution in [2.75, 3.05) is 0 Å². The summed E-state index contributed by atoms with van der Waals surface area (Å²) in [6.45, 7) is 0.119. The number of aromatic hydroxyl groups is 1. The van der Waals surface area contributed by atoms with Crippen LogP contribution in [0.5, 0.6) is 5.75 Å². The fourth-order valence-corrected chi connectivity index (χ4v) is 2.77. The topological polar surface area (TPSA) is 106 Å². The van der Waals surface area contributed by atoms with E-state index in [1.807, 2.05) is 0 Å². The van der Waals surface area contributed by atoms with Gasteiger partial charge in [0.25, 0.3) is 5.69 Å². The van der Waals surface area contributed by atoms with Crippen molar-refractivity contribution in [3.05, 3.63) is 68.9 Å². The van der Waals surface area contributed by atoms with E-state index in [2.05, 4.69) is 0 Å². The number of nitro groups is 1. The number of phenols is 1. The van der Waals surface area contributed by atoms with Crippen molar-refractivity contribution in [2.24, 2.45) is 0 Å². The quantitative estimate of drug-likeness (QED) is 0.554. The number of nitrogens with zero attached hydrogens (tertiary/aromatic N) is 2. The number of benzene rings is 2. The van der Waals surface area contributed by atoms with Crippen LogP contribution in [0.4, 0.5) is 5.69 Å². The van der Waals surface area contributed by atoms with E-state index in [1.54, 1.807) is 12.1 Å². The molecule has 0 aliphatic heterocycles. The van der Waals surface area contributed by atoms with Crippen molar-refractivity contribution in [2.45, 2.75) is 6.54 Å². The number of rotatable bonds is 4. The fraction of sp³-hybridized carbons (Fsp3) is 0.0625. The Morgan fingerprint density at radius 3 is 2.62 bits per heavy atom. The number of carboxylic acid groups (broad SMARTS) is 1. The second-order valence-corrected chi connectivity index (χ2v) is 5.61. The summed E-state index contributed by atoms with van der Waals surface area (Å²) < 4.78 is 1.52. The van der Waals surface area contributed by atoms with E-state index in [-0.39, 0.29) is 28.7 Å². The maximum atomic E-state index is 11.5. The molecule has 0 saturated heterocycles. The lowest BCUT2D eigenvalue weighted by molar-refractivity contribution is -0.384. The minimum Gasteiger partial charge on any atom is -0.508 e. The lowest BCUT2D eigenvalue weighted by atomic mass is 10.2. The molecular formula is C16H11ClN2O5. The van der Waals surface area contributed by atoms with Gasteiger partial charge in [0.05, 0.1) is 4.92 Å². The zero-order chi connectivity index (χ0) is 17.4. The Morgan fingerprint density at radius 2 is 1.96 bits per heavy atom. The van der Waals surface area contributed by atoms with Gasteiger partial charge < -0.3 is 14.8 Å². The van der Waals surface area contributed by atoms with Crippen LogP contribution in [0.25, 0.3) is 10.9 Å². The molecule has 3 rings (SSSR count). The molecular weight excluding hydrogens is 336 g/mol. The molecule has 2 aromatic carbocycles. The van der Waals surface area contributed by atoms with Gasteiger partial charge in [-0.2, -0.15) is 0 Å². The van der Waals surface area contributed by atoms with Crippen LogP contribution in [0, 0.1) is 10.1 Å². The smallest absolute Gasteiger partial charge is 0.352 e. The lowest BCUT2D eigenvalue weighted by Crippen LogP contribution is -2.09. The minimum atomic E-state index is -1.13. The highest BCUT2D eigenvalue weighted by molar-refractivity contribution is 6.32. The van der Waals surface area contributed by atoms with E-state index < -0.39 is 10.9 Å². The first-order valence-corrected chi connectivity index (χ1v) is 7.23. The third-order valence-corrected chi connectivity index (χ3v) is 3.97. The van der Waals surface area contributed by atoms with Gasteiger partial charge in [0.15, 0.2) is 0 Å². The second kappa shape index (κ2) is 5.86. The van der Waals surface area contributed by atoms with Gasteiger partial charge in [0.2, 0.25) is 0 Å². The Hall–Kier alpha value is -3.06. The molecule has 8 heteroatoms. The standard InChI is InChI=1S/C16H11ClN2O5/c17-12-3-1-9(5-14(12)19(23)24)8-18-13-4-2-11(20)6-10(13)7-15(18)16(21)22/h1-7,20H,8H2,(H,21,22). The molecule has 0 saturated carbocycles. The van der Waals surface area contributed by atoms with Crippen LogP contribution in [0.2, 0.25) is 5.02 Å². The highest BCUT2D eigenvalue weighted by Gasteiger charge is 2.17. The molecule has 1 aromatic heterocycles. The Kier molecular flexibility index (Phi) is 3.86. The summed E-state index contributed by atoms with van der Waals surface area (Å²) in [6.07, 6.45) is 0. The number of hydrogen-bond donors (Lipinski definition) is 2. The fourth-order valence-electron chi connectivity index (χ4n) is 2.58. The summed E-state index contributed by atoms with van der Waals surface area (Å²) >= 11 is 5.80. The highest BCUT2D eigenvalue weighted by Crippen LogP contribution is 2.28. The van der Waals surface area contributed by atoms with Crippen molar-refractivity contribution in [3.8, 4) is 5.75 Å². The van der Waals surface area contributed by atoms with E-state index in [9.17, 15) is 25.1 Å². The van der Waals surface area contributed by atoms with Crippen molar-refractivity contribution in [3.63, 3.8) is 0 Å². The molecule has 122 valence electrons. The van der Waals surface area contributed by atoms with Gasteiger partial charge in [-0.05, 0) is 35.9 Å². The van der Waals surface area contributed by atoms with Crippen LogP contribution < -0.4 is 0 Å². The number of nitro benzene ring substituents is 1. The van der Waals surface area contributed by atoms with Crippen LogP contribution in [-0.4, -0.2) is 25.7 Å². The van der Waals surface area contributed by atoms with Crippen molar-refractivity contribution in [1.29, 1.82) is 0 Å². The van der Waals surface area contributed by atoms with Gasteiger partial charge in [0, 0.05) is 23.5 Å². The Bertz CT molecular complexity index is 980. The first-order chi connectivity index (χ1) is 11.4. The molecule has 0 atom stereocenters. The van der Waals surface area contributed by atoms with Gasteiger partial charge in [-0.15, -0.1) is 0 Å². The van der Waals surface area contributed by atoms with E-state index >= 15 is 0 Å². The van der Waals surface area contributed by atoms with Gasteiger partial charge >= 0.3 is 5.97 Å². The number of aromatic carboxylic acids is 1. The zero-order valence-electron chi connectivity index (χ0n) is 12.1. The molecule has 0 spiro atoms. The first kappa shape index (κ1) is 15.8. The molecule has 1 heterocycles. The molecule has 2 N–H and O–H groups in total. The number of halogens is 1. The Morgan fingerprint density at radius 1 is 1.21 bits per heavy atom. The molecule has 0 unspecified atom stereocenters. The van der Waals surface area contributed by atoms with E-state index in [0.717, 1.165) is 0 Å². The first-order valence-electron chi connectivity index (χ1n) is 6.85. The maximum absolute atomic E-state index is 11.5. The number of phenolic OH excluding ortho intramolecular Hbond substituents is 1. The molecule has 0 amide bonds. The second-order valence-electron chi connectivity index (χ2n) is 5.21. The molecule has 0 aliphatic carbocycles. The summed E-state index contributed by atoms with van der Waals surface area (Å²) in [5.74, 6) is -1.10. The summed E-state index contributed by atoms with van der Waals surface area (Å²) in [6, 6.07) is 10.3.